The van der Waals surface area contributed by atoms with E-state index >= 15 is 0 Å². The third-order valence-electron chi connectivity index (χ3n) is 12.7. The molecule has 4 nitrogen and oxygen atoms in total. The van der Waals surface area contributed by atoms with Crippen LogP contribution in [0.5, 0.6) is 23.0 Å². The first-order chi connectivity index (χ1) is 42.1. The fraction of sp³-hybridized carbons (Fsp3) is 0.210. The molecule has 0 aliphatic heterocycles. The maximum Gasteiger partial charge on any atom is 0.416 e. The standard InChI is InChI=1S/C13H12.C11H10.C9H12O2.C9H12O.C8H7F3.C8H10O.C8H10.C7H7F.C7H8.CH4/c1-11-7-9-13(10-8-11)12-5-3-2-4-6-12;1-9-6-7-10-4-2-3-5-11(10)8-9;1-7-4-5-8(10-2)9(6-7)11-3;1-3-10-9-6-4-8(2)5-7-9;1-6-2-4-7(5-3-6)8(9,10)11;1-7-3-5-8(9-2)6-4-7;1-7-3-5-8(2)6-4-7;1-6-2-4-7(8)5-3-6;1-7-5-3-2-4-6-7;/h2-10H,1H3;2-8H,1H3;4-6H,1-3H3;4-7H,3H2,1-2H3;2-5H,1H3;3-6H,1-2H3;3-6H,1-2H3;2-5H,1H3;2-6H,1H3;1H4. The van der Waals surface area contributed by atoms with Crippen molar-refractivity contribution in [2.75, 3.05) is 27.9 Å². The van der Waals surface area contributed by atoms with Gasteiger partial charge in [0.2, 0.25) is 0 Å². The molecule has 11 aromatic carbocycles. The molecule has 0 radical (unpaired) electrons. The first-order valence-corrected chi connectivity index (χ1v) is 29.1. The Morgan fingerprint density at radius 2 is 0.640 bits per heavy atom. The van der Waals surface area contributed by atoms with E-state index in [0.29, 0.717) is 0 Å². The van der Waals surface area contributed by atoms with Gasteiger partial charge in [0.25, 0.3) is 0 Å². The molecule has 0 aliphatic carbocycles. The monoisotopic (exact) mass is 1200 g/mol. The zero-order chi connectivity index (χ0) is 64.7. The average molecular weight is 1210 g/mol. The molecule has 11 aromatic rings. The summed E-state index contributed by atoms with van der Waals surface area (Å²) in [6, 6.07) is 86.0. The van der Waals surface area contributed by atoms with Crippen molar-refractivity contribution in [1.82, 2.24) is 0 Å². The van der Waals surface area contributed by atoms with Gasteiger partial charge in [0.05, 0.1) is 33.5 Å². The number of fused-ring (bicyclic) bond motifs is 1. The molecule has 0 N–H and O–H groups in total. The van der Waals surface area contributed by atoms with Gasteiger partial charge in [-0.2, -0.15) is 13.2 Å². The number of methoxy groups -OCH3 is 3. The molecule has 0 saturated carbocycles. The van der Waals surface area contributed by atoms with Crippen molar-refractivity contribution in [3.8, 4) is 34.1 Å². The van der Waals surface area contributed by atoms with Crippen LogP contribution in [0.25, 0.3) is 21.9 Å². The third-order valence-corrected chi connectivity index (χ3v) is 12.7. The van der Waals surface area contributed by atoms with Gasteiger partial charge in [-0.25, -0.2) is 4.39 Å². The Kier molecular flexibility index (Phi) is 36.1. The van der Waals surface area contributed by atoms with Crippen molar-refractivity contribution in [2.45, 2.75) is 89.8 Å². The van der Waals surface area contributed by atoms with Crippen LogP contribution in [-0.2, 0) is 6.18 Å². The Hall–Kier alpha value is -9.40. The Morgan fingerprint density at radius 3 is 1.04 bits per heavy atom. The SMILES string of the molecule is C.CCOc1ccc(C)cc1.COc1ccc(C)cc1.COc1ccc(C)cc1OC.Cc1ccc(-c2ccccc2)cc1.Cc1ccc(C(F)(F)F)cc1.Cc1ccc(C)cc1.Cc1ccc(F)cc1.Cc1ccc2ccccc2c1.Cc1ccccc1. The lowest BCUT2D eigenvalue weighted by Crippen LogP contribution is -2.03. The van der Waals surface area contributed by atoms with Crippen molar-refractivity contribution >= 4 is 10.8 Å². The number of alkyl halides is 3. The van der Waals surface area contributed by atoms with Gasteiger partial charge >= 0.3 is 6.18 Å². The largest absolute Gasteiger partial charge is 0.497 e. The predicted octanol–water partition coefficient (Wildman–Crippen LogP) is 23.3. The highest BCUT2D eigenvalue weighted by Crippen LogP contribution is 2.29. The zero-order valence-corrected chi connectivity index (χ0v) is 53.8. The van der Waals surface area contributed by atoms with Crippen LogP contribution in [-0.4, -0.2) is 27.9 Å². The zero-order valence-electron chi connectivity index (χ0n) is 53.8. The number of halogens is 4. The van der Waals surface area contributed by atoms with E-state index in [-0.39, 0.29) is 13.2 Å². The summed E-state index contributed by atoms with van der Waals surface area (Å²) < 4.78 is 68.2. The Morgan fingerprint density at radius 1 is 0.303 bits per heavy atom. The highest BCUT2D eigenvalue weighted by Gasteiger charge is 2.29. The molecule has 0 atom stereocenters. The fourth-order valence-corrected chi connectivity index (χ4v) is 7.55. The second-order valence-corrected chi connectivity index (χ2v) is 20.7. The predicted molar refractivity (Wildman–Crippen MR) is 371 cm³/mol. The van der Waals surface area contributed by atoms with Gasteiger partial charge in [-0.3, -0.25) is 0 Å². The molecule has 0 spiro atoms. The van der Waals surface area contributed by atoms with E-state index in [1.807, 2.05) is 112 Å². The minimum Gasteiger partial charge on any atom is -0.497 e. The summed E-state index contributed by atoms with van der Waals surface area (Å²) in [4.78, 5) is 0. The normalized spacial score (nSPS) is 9.64. The van der Waals surface area contributed by atoms with Gasteiger partial charge in [-0.05, 0) is 164 Å². The summed E-state index contributed by atoms with van der Waals surface area (Å²) in [6.07, 6.45) is -4.21. The van der Waals surface area contributed by atoms with Crippen LogP contribution >= 0.6 is 0 Å². The van der Waals surface area contributed by atoms with Crippen LogP contribution in [0.3, 0.4) is 0 Å². The first-order valence-electron chi connectivity index (χ1n) is 29.1. The summed E-state index contributed by atoms with van der Waals surface area (Å²) in [7, 11) is 4.94. The van der Waals surface area contributed by atoms with Gasteiger partial charge in [0.1, 0.15) is 17.3 Å². The Bertz CT molecular complexity index is 3480. The maximum absolute atomic E-state index is 12.1. The molecule has 89 heavy (non-hydrogen) atoms. The van der Waals surface area contributed by atoms with Crippen LogP contribution in [0.1, 0.15) is 75.5 Å². The quantitative estimate of drug-likeness (QED) is 0.156. The molecule has 0 bridgehead atoms. The average Bonchev–Trinajstić information content (AvgIpc) is 3.67. The van der Waals surface area contributed by atoms with Crippen LogP contribution in [0.4, 0.5) is 17.6 Å². The van der Waals surface area contributed by atoms with E-state index in [1.165, 1.54) is 90.7 Å². The molecular formula is C81H92F4O4. The van der Waals surface area contributed by atoms with Gasteiger partial charge < -0.3 is 18.9 Å². The minimum absolute atomic E-state index is 0. The second-order valence-electron chi connectivity index (χ2n) is 20.7. The highest BCUT2D eigenvalue weighted by atomic mass is 19.4. The van der Waals surface area contributed by atoms with E-state index in [1.54, 1.807) is 40.4 Å². The van der Waals surface area contributed by atoms with Crippen molar-refractivity contribution in [1.29, 1.82) is 0 Å². The molecular weight excluding hydrogens is 1110 g/mol. The number of hydrogen-bond acceptors (Lipinski definition) is 4. The molecule has 8 heteroatoms. The van der Waals surface area contributed by atoms with E-state index < -0.39 is 11.7 Å². The van der Waals surface area contributed by atoms with Crippen molar-refractivity contribution < 1.29 is 36.5 Å². The number of rotatable bonds is 6. The van der Waals surface area contributed by atoms with Crippen LogP contribution in [0.2, 0.25) is 0 Å². The van der Waals surface area contributed by atoms with Crippen LogP contribution in [0.15, 0.2) is 267 Å². The molecule has 0 heterocycles. The molecule has 0 saturated heterocycles. The molecule has 0 unspecified atom stereocenters. The molecule has 0 aliphatic rings. The third kappa shape index (κ3) is 32.8. The maximum atomic E-state index is 12.1. The van der Waals surface area contributed by atoms with Crippen LogP contribution in [0, 0.1) is 75.1 Å². The van der Waals surface area contributed by atoms with E-state index in [2.05, 4.69) is 176 Å². The summed E-state index contributed by atoms with van der Waals surface area (Å²) in [6.45, 7) is 23.0. The van der Waals surface area contributed by atoms with Crippen molar-refractivity contribution in [2.24, 2.45) is 0 Å². The van der Waals surface area contributed by atoms with Gasteiger partial charge in [0, 0.05) is 0 Å². The van der Waals surface area contributed by atoms with Gasteiger partial charge in [-0.15, -0.1) is 0 Å². The second kappa shape index (κ2) is 42.4. The van der Waals surface area contributed by atoms with E-state index in [4.69, 9.17) is 18.9 Å². The number of aryl methyl sites for hydroxylation is 10. The Labute approximate surface area is 530 Å². The van der Waals surface area contributed by atoms with Crippen molar-refractivity contribution in [3.05, 3.63) is 334 Å². The summed E-state index contributed by atoms with van der Waals surface area (Å²) in [5, 5.41) is 2.64. The number of ether oxygens (including phenoxy) is 4. The molecule has 11 rings (SSSR count). The molecule has 0 fully saturated rings. The van der Waals surface area contributed by atoms with E-state index in [9.17, 15) is 17.6 Å². The van der Waals surface area contributed by atoms with Crippen LogP contribution < -0.4 is 18.9 Å². The lowest BCUT2D eigenvalue weighted by molar-refractivity contribution is -0.137. The topological polar surface area (TPSA) is 36.9 Å². The highest BCUT2D eigenvalue weighted by molar-refractivity contribution is 5.82. The van der Waals surface area contributed by atoms with Gasteiger partial charge in [-0.1, -0.05) is 264 Å². The first kappa shape index (κ1) is 75.7. The molecule has 0 aromatic heterocycles. The van der Waals surface area contributed by atoms with Gasteiger partial charge in [0.15, 0.2) is 11.5 Å². The minimum atomic E-state index is -4.21. The lowest BCUT2D eigenvalue weighted by Gasteiger charge is -2.06. The molecule has 468 valence electrons. The summed E-state index contributed by atoms with van der Waals surface area (Å²) in [5.74, 6) is 3.26. The smallest absolute Gasteiger partial charge is 0.416 e. The summed E-state index contributed by atoms with van der Waals surface area (Å²) >= 11 is 0. The summed E-state index contributed by atoms with van der Waals surface area (Å²) in [5.41, 5.74) is 14.2. The fourth-order valence-electron chi connectivity index (χ4n) is 7.55. The Balaban J connectivity index is 0.000000343. The lowest BCUT2D eigenvalue weighted by atomic mass is 10.0. The number of hydrogen-bond donors (Lipinski definition) is 0. The van der Waals surface area contributed by atoms with E-state index in [0.717, 1.165) is 52.9 Å². The van der Waals surface area contributed by atoms with Crippen molar-refractivity contribution in [3.63, 3.8) is 0 Å². The number of benzene rings is 11. The molecule has 0 amide bonds.